The van der Waals surface area contributed by atoms with Crippen molar-refractivity contribution in [2.75, 3.05) is 25.9 Å². The number of hydrogen-bond acceptors (Lipinski definition) is 5. The molecule has 6 nitrogen and oxygen atoms in total. The number of carbonyl (C=O) groups excluding carboxylic acids is 1. The predicted molar refractivity (Wildman–Crippen MR) is 101 cm³/mol. The second-order valence-corrected chi connectivity index (χ2v) is 7.99. The van der Waals surface area contributed by atoms with E-state index in [4.69, 9.17) is 0 Å². The molecule has 1 amide bonds. The Morgan fingerprint density at radius 1 is 1.48 bits per heavy atom. The van der Waals surface area contributed by atoms with Gasteiger partial charge in [0.05, 0.1) is 9.82 Å². The van der Waals surface area contributed by atoms with Gasteiger partial charge >= 0.3 is 0 Å². The molecule has 1 aliphatic rings. The minimum Gasteiger partial charge on any atom is -0.337 e. The fourth-order valence-corrected chi connectivity index (χ4v) is 4.15. The first kappa shape index (κ1) is 19.7. The fraction of sp³-hybridized carbons (Fsp3) is 0.611. The van der Waals surface area contributed by atoms with Crippen molar-refractivity contribution in [2.24, 2.45) is 5.92 Å². The number of carbonyl (C=O) groups is 1. The van der Waals surface area contributed by atoms with Crippen LogP contribution in [-0.2, 0) is 0 Å². The molecule has 1 fully saturated rings. The van der Waals surface area contributed by atoms with Crippen LogP contribution in [0, 0.1) is 16.0 Å². The standard InChI is InChI=1S/C18H27N3O3S/c1-13(2)8-10-25-17-7-6-14(11-16(17)21(23)24)18(22)20-9-4-5-15(12-20)19-3/h6-7,11,13,15,19H,4-5,8-10,12H2,1-3H3. The van der Waals surface area contributed by atoms with Crippen molar-refractivity contribution in [3.8, 4) is 0 Å². The summed E-state index contributed by atoms with van der Waals surface area (Å²) in [6, 6.07) is 5.16. The molecule has 0 bridgehead atoms. The first-order valence-electron chi connectivity index (χ1n) is 8.80. The molecule has 0 radical (unpaired) electrons. The Labute approximate surface area is 153 Å². The van der Waals surface area contributed by atoms with E-state index in [-0.39, 0.29) is 16.5 Å². The first-order valence-corrected chi connectivity index (χ1v) is 9.78. The summed E-state index contributed by atoms with van der Waals surface area (Å²) in [4.78, 5) is 26.2. The van der Waals surface area contributed by atoms with Crippen molar-refractivity contribution in [1.29, 1.82) is 0 Å². The van der Waals surface area contributed by atoms with Crippen molar-refractivity contribution in [3.63, 3.8) is 0 Å². The summed E-state index contributed by atoms with van der Waals surface area (Å²) in [5.41, 5.74) is 0.429. The topological polar surface area (TPSA) is 75.5 Å². The van der Waals surface area contributed by atoms with Gasteiger partial charge in [-0.15, -0.1) is 11.8 Å². The summed E-state index contributed by atoms with van der Waals surface area (Å²) in [5.74, 6) is 1.27. The van der Waals surface area contributed by atoms with E-state index >= 15 is 0 Å². The van der Waals surface area contributed by atoms with Crippen LogP contribution in [0.4, 0.5) is 5.69 Å². The summed E-state index contributed by atoms with van der Waals surface area (Å²) in [7, 11) is 1.90. The average Bonchev–Trinajstić information content (AvgIpc) is 2.61. The van der Waals surface area contributed by atoms with E-state index in [1.165, 1.54) is 17.8 Å². The van der Waals surface area contributed by atoms with Gasteiger partial charge in [0.1, 0.15) is 0 Å². The highest BCUT2D eigenvalue weighted by molar-refractivity contribution is 7.99. The molecule has 0 aromatic heterocycles. The van der Waals surface area contributed by atoms with Crippen molar-refractivity contribution in [1.82, 2.24) is 10.2 Å². The number of rotatable bonds is 7. The largest absolute Gasteiger partial charge is 0.337 e. The zero-order valence-electron chi connectivity index (χ0n) is 15.2. The smallest absolute Gasteiger partial charge is 0.283 e. The number of hydrogen-bond donors (Lipinski definition) is 1. The van der Waals surface area contributed by atoms with Crippen LogP contribution in [0.3, 0.4) is 0 Å². The molecule has 1 unspecified atom stereocenters. The maximum Gasteiger partial charge on any atom is 0.283 e. The van der Waals surface area contributed by atoms with E-state index in [0.29, 0.717) is 35.5 Å². The molecule has 7 heteroatoms. The Bertz CT molecular complexity index is 622. The van der Waals surface area contributed by atoms with Gasteiger partial charge in [0.2, 0.25) is 0 Å². The highest BCUT2D eigenvalue weighted by Crippen LogP contribution is 2.31. The van der Waals surface area contributed by atoms with Crippen LogP contribution < -0.4 is 5.32 Å². The molecule has 1 N–H and O–H groups in total. The van der Waals surface area contributed by atoms with E-state index in [9.17, 15) is 14.9 Å². The van der Waals surface area contributed by atoms with Crippen LogP contribution in [0.15, 0.2) is 23.1 Å². The van der Waals surface area contributed by atoms with Crippen LogP contribution in [0.25, 0.3) is 0 Å². The SMILES string of the molecule is CNC1CCCN(C(=O)c2ccc(SCCC(C)C)c([N+](=O)[O-])c2)C1. The predicted octanol–water partition coefficient (Wildman–Crippen LogP) is 3.56. The molecular weight excluding hydrogens is 338 g/mol. The molecular formula is C18H27N3O3S. The molecule has 1 heterocycles. The number of likely N-dealkylation sites (tertiary alicyclic amines) is 1. The highest BCUT2D eigenvalue weighted by atomic mass is 32.2. The zero-order chi connectivity index (χ0) is 18.4. The molecule has 0 saturated carbocycles. The first-order chi connectivity index (χ1) is 11.9. The van der Waals surface area contributed by atoms with E-state index in [2.05, 4.69) is 19.2 Å². The van der Waals surface area contributed by atoms with E-state index < -0.39 is 0 Å². The Hall–Kier alpha value is -1.60. The summed E-state index contributed by atoms with van der Waals surface area (Å²) >= 11 is 1.49. The van der Waals surface area contributed by atoms with Gasteiger partial charge in [-0.2, -0.15) is 0 Å². The highest BCUT2D eigenvalue weighted by Gasteiger charge is 2.25. The summed E-state index contributed by atoms with van der Waals surface area (Å²) in [5, 5.41) is 14.6. The number of nitro groups is 1. The number of nitrogens with zero attached hydrogens (tertiary/aromatic N) is 2. The second kappa shape index (κ2) is 9.20. The molecule has 1 aliphatic heterocycles. The van der Waals surface area contributed by atoms with Gasteiger partial charge in [-0.1, -0.05) is 13.8 Å². The van der Waals surface area contributed by atoms with E-state index in [1.54, 1.807) is 17.0 Å². The number of benzene rings is 1. The van der Waals surface area contributed by atoms with Crippen molar-refractivity contribution >= 4 is 23.4 Å². The maximum absolute atomic E-state index is 12.7. The Morgan fingerprint density at radius 3 is 2.88 bits per heavy atom. The normalized spacial score (nSPS) is 17.8. The van der Waals surface area contributed by atoms with Crippen LogP contribution in [-0.4, -0.2) is 47.7 Å². The minimum absolute atomic E-state index is 0.0294. The summed E-state index contributed by atoms with van der Waals surface area (Å²) < 4.78 is 0. The molecule has 25 heavy (non-hydrogen) atoms. The Kier molecular flexibility index (Phi) is 7.25. The zero-order valence-corrected chi connectivity index (χ0v) is 16.0. The lowest BCUT2D eigenvalue weighted by Gasteiger charge is -2.32. The van der Waals surface area contributed by atoms with Crippen molar-refractivity contribution in [2.45, 2.75) is 44.0 Å². The lowest BCUT2D eigenvalue weighted by molar-refractivity contribution is -0.387. The van der Waals surface area contributed by atoms with Crippen molar-refractivity contribution < 1.29 is 9.72 Å². The number of likely N-dealkylation sites (N-methyl/N-ethyl adjacent to an activating group) is 1. The maximum atomic E-state index is 12.7. The van der Waals surface area contributed by atoms with Gasteiger partial charge in [-0.3, -0.25) is 14.9 Å². The van der Waals surface area contributed by atoms with Gasteiger partial charge in [-0.25, -0.2) is 0 Å². The second-order valence-electron chi connectivity index (χ2n) is 6.85. The number of thioether (sulfide) groups is 1. The molecule has 0 spiro atoms. The average molecular weight is 365 g/mol. The van der Waals surface area contributed by atoms with Gasteiger partial charge in [0.25, 0.3) is 11.6 Å². The molecule has 138 valence electrons. The molecule has 1 saturated heterocycles. The minimum atomic E-state index is -0.388. The number of piperidine rings is 1. The molecule has 1 aromatic carbocycles. The molecule has 0 aliphatic carbocycles. The Morgan fingerprint density at radius 2 is 2.24 bits per heavy atom. The third kappa shape index (κ3) is 5.44. The lowest BCUT2D eigenvalue weighted by Crippen LogP contribution is -2.46. The van der Waals surface area contributed by atoms with Gasteiger partial charge in [0.15, 0.2) is 0 Å². The molecule has 1 aromatic rings. The summed E-state index contributed by atoms with van der Waals surface area (Å²) in [6.45, 7) is 5.62. The fourth-order valence-electron chi connectivity index (χ4n) is 2.90. The third-order valence-corrected chi connectivity index (χ3v) is 5.57. The summed E-state index contributed by atoms with van der Waals surface area (Å²) in [6.07, 6.45) is 3.00. The number of nitro benzene ring substituents is 1. The van der Waals surface area contributed by atoms with Crippen LogP contribution in [0.2, 0.25) is 0 Å². The van der Waals surface area contributed by atoms with Gasteiger partial charge < -0.3 is 10.2 Å². The van der Waals surface area contributed by atoms with Crippen LogP contribution in [0.1, 0.15) is 43.5 Å². The van der Waals surface area contributed by atoms with E-state index in [1.807, 2.05) is 7.05 Å². The number of nitrogens with one attached hydrogen (secondary N) is 1. The quantitative estimate of drug-likeness (QED) is 0.454. The Balaban J connectivity index is 2.14. The third-order valence-electron chi connectivity index (χ3n) is 4.47. The van der Waals surface area contributed by atoms with Gasteiger partial charge in [0, 0.05) is 30.8 Å². The van der Waals surface area contributed by atoms with Crippen LogP contribution >= 0.6 is 11.8 Å². The van der Waals surface area contributed by atoms with Crippen molar-refractivity contribution in [3.05, 3.63) is 33.9 Å². The van der Waals surface area contributed by atoms with Gasteiger partial charge in [-0.05, 0) is 50.1 Å². The molecule has 2 rings (SSSR count). The van der Waals surface area contributed by atoms with Crippen LogP contribution in [0.5, 0.6) is 0 Å². The van der Waals surface area contributed by atoms with E-state index in [0.717, 1.165) is 25.0 Å². The number of amides is 1. The molecule has 1 atom stereocenters. The monoisotopic (exact) mass is 365 g/mol. The lowest BCUT2D eigenvalue weighted by atomic mass is 10.0.